The third-order valence-corrected chi connectivity index (χ3v) is 12.9. The normalized spacial score (nSPS) is 37.1. The number of nitrogens with zero attached hydrogens (tertiary/aromatic N) is 5. The molecule has 3 aliphatic heterocycles. The maximum absolute atomic E-state index is 16.9. The molecule has 3 fully saturated rings. The zero-order chi connectivity index (χ0) is 44.5. The minimum Gasteiger partial charge on any atom is -0.455 e. The number of carbonyl (C=O) groups excluding carboxylic acids is 4. The summed E-state index contributed by atoms with van der Waals surface area (Å²) in [5.74, 6) is -5.85. The summed E-state index contributed by atoms with van der Waals surface area (Å²) < 4.78 is 49.2. The fourth-order valence-electron chi connectivity index (χ4n) is 9.51. The van der Waals surface area contributed by atoms with Gasteiger partial charge in [-0.15, -0.1) is 5.10 Å². The molecule has 0 radical (unpaired) electrons. The number of aliphatic hydroxyl groups excluding tert-OH is 1. The number of aryl methyl sites for hydroxylation is 1. The number of ketones is 2. The average Bonchev–Trinajstić information content (AvgIpc) is 3.78. The van der Waals surface area contributed by atoms with E-state index in [0.717, 1.165) is 12.5 Å². The van der Waals surface area contributed by atoms with Crippen molar-refractivity contribution in [3.05, 3.63) is 30.5 Å². The molecule has 0 aliphatic carbocycles. The van der Waals surface area contributed by atoms with Crippen molar-refractivity contribution < 1.29 is 52.4 Å². The molecule has 334 valence electrons. The highest BCUT2D eigenvalue weighted by Crippen LogP contribution is 2.44. The SMILES string of the molecule is CC[C@H]1OC(=O)[C@@](C)(F)C(=O)[C@H](C)[C@@H](O[C@@H]2O[C@H](C)CC(N(C)C)C2O)[C@](C)(OC)C[C@@H](C)C(=O)[C@H](C)[C@H]2N(CCCCn3cc(-c4cccc(N)c4)nn3)C(=O)O[C@]12C. The number of Topliss-reactive ketones (excluding diaryl/α,β-unsaturated/α-hetero) is 2. The van der Waals surface area contributed by atoms with Crippen LogP contribution in [0.3, 0.4) is 0 Å². The van der Waals surface area contributed by atoms with Crippen LogP contribution in [0.1, 0.15) is 87.5 Å². The summed E-state index contributed by atoms with van der Waals surface area (Å²) in [7, 11) is 5.04. The van der Waals surface area contributed by atoms with Gasteiger partial charge in [-0.3, -0.25) is 14.3 Å². The fourth-order valence-corrected chi connectivity index (χ4v) is 9.51. The van der Waals surface area contributed by atoms with Crippen molar-refractivity contribution in [2.75, 3.05) is 33.5 Å². The summed E-state index contributed by atoms with van der Waals surface area (Å²) in [6, 6.07) is 6.02. The van der Waals surface area contributed by atoms with Gasteiger partial charge in [0, 0.05) is 55.2 Å². The van der Waals surface area contributed by atoms with Gasteiger partial charge in [-0.2, -0.15) is 0 Å². The Morgan fingerprint density at radius 2 is 1.73 bits per heavy atom. The number of fused-ring (bicyclic) bond motifs is 1. The van der Waals surface area contributed by atoms with Crippen LogP contribution in [0.25, 0.3) is 11.3 Å². The minimum absolute atomic E-state index is 0.0111. The molecule has 1 aromatic heterocycles. The van der Waals surface area contributed by atoms with Gasteiger partial charge in [-0.05, 0) is 86.0 Å². The number of benzene rings is 1. The molecule has 2 unspecified atom stereocenters. The third kappa shape index (κ3) is 9.39. The van der Waals surface area contributed by atoms with Gasteiger partial charge in [-0.1, -0.05) is 45.0 Å². The molecular weight excluding hydrogens is 780 g/mol. The van der Waals surface area contributed by atoms with E-state index in [0.29, 0.717) is 37.2 Å². The van der Waals surface area contributed by atoms with E-state index in [9.17, 15) is 24.3 Å². The number of alkyl halides is 1. The highest BCUT2D eigenvalue weighted by atomic mass is 19.1. The molecule has 1 amide bonds. The molecule has 16 nitrogen and oxygen atoms in total. The van der Waals surface area contributed by atoms with Crippen molar-refractivity contribution in [1.82, 2.24) is 24.8 Å². The number of amides is 1. The van der Waals surface area contributed by atoms with E-state index in [4.69, 9.17) is 29.4 Å². The number of rotatable bonds is 11. The average molecular weight is 845 g/mol. The molecule has 0 saturated carbocycles. The molecule has 0 spiro atoms. The molecular formula is C43H65FN6O10. The summed E-state index contributed by atoms with van der Waals surface area (Å²) >= 11 is 0. The highest BCUT2D eigenvalue weighted by molar-refractivity contribution is 6.08. The molecule has 17 heteroatoms. The van der Waals surface area contributed by atoms with E-state index in [1.54, 1.807) is 45.4 Å². The van der Waals surface area contributed by atoms with Crippen LogP contribution in [0.2, 0.25) is 0 Å². The van der Waals surface area contributed by atoms with E-state index < -0.39 is 83.1 Å². The summed E-state index contributed by atoms with van der Waals surface area (Å²) in [4.78, 5) is 60.1. The predicted molar refractivity (Wildman–Crippen MR) is 219 cm³/mol. The number of aromatic nitrogens is 3. The van der Waals surface area contributed by atoms with Crippen LogP contribution in [0.15, 0.2) is 30.5 Å². The maximum Gasteiger partial charge on any atom is 0.410 e. The van der Waals surface area contributed by atoms with Gasteiger partial charge in [0.2, 0.25) is 0 Å². The first-order valence-corrected chi connectivity index (χ1v) is 21.0. The number of halogens is 1. The lowest BCUT2D eigenvalue weighted by Crippen LogP contribution is -2.61. The Hall–Kier alpha value is -4.03. The Labute approximate surface area is 352 Å². The number of esters is 1. The summed E-state index contributed by atoms with van der Waals surface area (Å²) in [6.07, 6.45) is -2.57. The smallest absolute Gasteiger partial charge is 0.410 e. The lowest BCUT2D eigenvalue weighted by molar-refractivity contribution is -0.295. The zero-order valence-corrected chi connectivity index (χ0v) is 36.9. The van der Waals surface area contributed by atoms with E-state index in [-0.39, 0.29) is 37.3 Å². The number of methoxy groups -OCH3 is 1. The maximum atomic E-state index is 16.9. The fraction of sp³-hybridized carbons (Fsp3) is 0.721. The third-order valence-electron chi connectivity index (χ3n) is 12.9. The monoisotopic (exact) mass is 844 g/mol. The quantitative estimate of drug-likeness (QED) is 0.138. The van der Waals surface area contributed by atoms with Gasteiger partial charge in [-0.25, -0.2) is 14.0 Å². The second kappa shape index (κ2) is 18.5. The van der Waals surface area contributed by atoms with Crippen LogP contribution >= 0.6 is 0 Å². The van der Waals surface area contributed by atoms with Gasteiger partial charge in [0.1, 0.15) is 23.7 Å². The number of anilines is 1. The molecule has 3 aliphatic rings. The lowest BCUT2D eigenvalue weighted by atomic mass is 9.73. The predicted octanol–water partition coefficient (Wildman–Crippen LogP) is 4.60. The number of unbranched alkanes of at least 4 members (excludes halogenated alkanes) is 1. The van der Waals surface area contributed by atoms with Crippen molar-refractivity contribution >= 4 is 29.3 Å². The Bertz CT molecular complexity index is 1860. The summed E-state index contributed by atoms with van der Waals surface area (Å²) in [5, 5.41) is 19.9. The summed E-state index contributed by atoms with van der Waals surface area (Å²) in [6.45, 7) is 13.1. The van der Waals surface area contributed by atoms with Gasteiger partial charge in [0.25, 0.3) is 5.67 Å². The Balaban J connectivity index is 1.45. The number of hydrogen-bond donors (Lipinski definition) is 2. The first kappa shape index (κ1) is 47.0. The van der Waals surface area contributed by atoms with Gasteiger partial charge >= 0.3 is 12.1 Å². The molecule has 13 atom stereocenters. The van der Waals surface area contributed by atoms with Gasteiger partial charge in [0.15, 0.2) is 17.7 Å². The largest absolute Gasteiger partial charge is 0.455 e. The number of ether oxygens (including phenoxy) is 5. The van der Waals surface area contributed by atoms with Gasteiger partial charge < -0.3 is 44.3 Å². The molecule has 2 aromatic rings. The second-order valence-electron chi connectivity index (χ2n) is 17.8. The van der Waals surface area contributed by atoms with E-state index in [1.165, 1.54) is 18.9 Å². The van der Waals surface area contributed by atoms with Crippen molar-refractivity contribution in [2.24, 2.45) is 17.8 Å². The van der Waals surface area contributed by atoms with Crippen LogP contribution in [-0.2, 0) is 44.6 Å². The van der Waals surface area contributed by atoms with Crippen molar-refractivity contribution in [2.45, 2.75) is 154 Å². The highest BCUT2D eigenvalue weighted by Gasteiger charge is 2.61. The molecule has 60 heavy (non-hydrogen) atoms. The number of nitrogens with two attached hydrogens (primary N) is 1. The van der Waals surface area contributed by atoms with Crippen LogP contribution in [0.4, 0.5) is 14.9 Å². The van der Waals surface area contributed by atoms with Crippen LogP contribution in [0.5, 0.6) is 0 Å². The number of carbonyl (C=O) groups is 4. The van der Waals surface area contributed by atoms with E-state index in [2.05, 4.69) is 10.3 Å². The number of aliphatic hydroxyl groups is 1. The second-order valence-corrected chi connectivity index (χ2v) is 17.8. The Morgan fingerprint density at radius 3 is 2.37 bits per heavy atom. The zero-order valence-electron chi connectivity index (χ0n) is 36.9. The van der Waals surface area contributed by atoms with Crippen LogP contribution < -0.4 is 5.73 Å². The lowest BCUT2D eigenvalue weighted by Gasteiger charge is -2.47. The standard InChI is InChI=1S/C43H65FN6O10/c1-12-32-43(8)35(50(40(55)60-43)19-14-13-18-49-23-30(46-47-49)28-16-15-17-29(45)21-28)26(4)33(51)24(2)22-41(6,56-11)37(27(5)36(53)42(7,44)39(54)58-32)59-38-34(52)31(48(9)10)20-25(3)57-38/h15-17,21,23-27,31-32,34-35,37-38,52H,12-14,18-20,22,45H2,1-11H3/t24-,25-,26+,27+,31?,32-,34?,35-,37-,38+,41-,42+,43-/m1/s1. The molecule has 5 rings (SSSR count). The Kier molecular flexibility index (Phi) is 14.5. The molecule has 0 bridgehead atoms. The van der Waals surface area contributed by atoms with Crippen molar-refractivity contribution in [1.29, 1.82) is 0 Å². The first-order chi connectivity index (χ1) is 28.1. The number of cyclic esters (lactones) is 1. The van der Waals surface area contributed by atoms with Crippen molar-refractivity contribution in [3.8, 4) is 11.3 Å². The van der Waals surface area contributed by atoms with Crippen LogP contribution in [-0.4, -0.2) is 141 Å². The van der Waals surface area contributed by atoms with E-state index >= 15 is 4.39 Å². The van der Waals surface area contributed by atoms with Gasteiger partial charge in [0.05, 0.1) is 30.0 Å². The minimum atomic E-state index is -3.19. The van der Waals surface area contributed by atoms with Crippen LogP contribution in [0, 0.1) is 17.8 Å². The first-order valence-electron chi connectivity index (χ1n) is 21.0. The number of likely N-dealkylation sites (N-methyl/N-ethyl adjacent to an activating group) is 1. The van der Waals surface area contributed by atoms with E-state index in [1.807, 2.05) is 50.3 Å². The van der Waals surface area contributed by atoms with Crippen molar-refractivity contribution in [3.63, 3.8) is 0 Å². The number of nitrogen functional groups attached to an aromatic ring is 1. The number of hydrogen-bond acceptors (Lipinski definition) is 14. The summed E-state index contributed by atoms with van der Waals surface area (Å²) in [5.41, 5.74) is 1.80. The topological polar surface area (TPSA) is 198 Å². The molecule has 4 heterocycles. The molecule has 3 N–H and O–H groups in total. The molecule has 1 aromatic carbocycles. The Morgan fingerprint density at radius 1 is 1.05 bits per heavy atom. The molecule has 3 saturated heterocycles.